The molecule has 0 bridgehead atoms. The van der Waals surface area contributed by atoms with Crippen LogP contribution >= 0.6 is 0 Å². The van der Waals surface area contributed by atoms with Crippen molar-refractivity contribution >= 4 is 11.9 Å². The Hall–Kier alpha value is -1.10. The molecule has 166 valence electrons. The van der Waals surface area contributed by atoms with Crippen molar-refractivity contribution in [1.29, 1.82) is 0 Å². The smallest absolute Gasteiger partial charge is 0.325 e. The number of nitrogens with one attached hydrogen (secondary N) is 1. The third-order valence-electron chi connectivity index (χ3n) is 7.35. The molecule has 1 heterocycles. The largest absolute Gasteiger partial charge is 0.326 e. The van der Waals surface area contributed by atoms with E-state index in [0.29, 0.717) is 18.8 Å². The highest BCUT2D eigenvalue weighted by Crippen LogP contribution is 2.32. The van der Waals surface area contributed by atoms with Crippen molar-refractivity contribution in [3.63, 3.8) is 0 Å². The Kier molecular flexibility index (Phi) is 9.29. The molecule has 2 saturated carbocycles. The first kappa shape index (κ1) is 22.6. The van der Waals surface area contributed by atoms with E-state index in [1.807, 2.05) is 0 Å². The third-order valence-corrected chi connectivity index (χ3v) is 7.35. The lowest BCUT2D eigenvalue weighted by Crippen LogP contribution is -2.49. The molecule has 0 radical (unpaired) electrons. The quantitative estimate of drug-likeness (QED) is 0.321. The third kappa shape index (κ3) is 6.44. The lowest BCUT2D eigenvalue weighted by molar-refractivity contribution is -0.129. The van der Waals surface area contributed by atoms with Gasteiger partial charge in [0, 0.05) is 12.1 Å². The molecule has 29 heavy (non-hydrogen) atoms. The van der Waals surface area contributed by atoms with Crippen molar-refractivity contribution in [2.45, 2.75) is 134 Å². The maximum Gasteiger partial charge on any atom is 0.325 e. The summed E-state index contributed by atoms with van der Waals surface area (Å²) in [4.78, 5) is 29.5. The summed E-state index contributed by atoms with van der Waals surface area (Å²) >= 11 is 0. The lowest BCUT2D eigenvalue weighted by atomic mass is 10.0. The Bertz CT molecular complexity index is 496. The summed E-state index contributed by atoms with van der Waals surface area (Å²) in [6.07, 6.45) is 20.9. The summed E-state index contributed by atoms with van der Waals surface area (Å²) < 4.78 is 0. The predicted octanol–water partition coefficient (Wildman–Crippen LogP) is 5.58. The van der Waals surface area contributed by atoms with E-state index in [1.54, 1.807) is 0 Å². The number of amides is 3. The number of hydrogen-bond acceptors (Lipinski definition) is 3. The summed E-state index contributed by atoms with van der Waals surface area (Å²) in [5.74, 6) is 0.0129. The van der Waals surface area contributed by atoms with Gasteiger partial charge in [0.25, 0.3) is 5.91 Å². The molecule has 3 aliphatic rings. The van der Waals surface area contributed by atoms with Gasteiger partial charge in [0.05, 0.1) is 6.67 Å². The van der Waals surface area contributed by atoms with Gasteiger partial charge in [-0.3, -0.25) is 9.69 Å². The minimum Gasteiger partial charge on any atom is -0.326 e. The molecule has 3 amide bonds. The van der Waals surface area contributed by atoms with Gasteiger partial charge in [-0.2, -0.15) is 0 Å². The number of rotatable bonds is 13. The molecule has 0 aromatic carbocycles. The molecule has 1 unspecified atom stereocenters. The van der Waals surface area contributed by atoms with E-state index in [9.17, 15) is 9.59 Å². The Morgan fingerprint density at radius 1 is 0.828 bits per heavy atom. The maximum atomic E-state index is 12.9. The van der Waals surface area contributed by atoms with Crippen LogP contribution in [-0.4, -0.2) is 46.5 Å². The highest BCUT2D eigenvalue weighted by Gasteiger charge is 2.41. The fraction of sp³-hybridized carbons (Fsp3) is 0.917. The van der Waals surface area contributed by atoms with E-state index in [1.165, 1.54) is 101 Å². The fourth-order valence-corrected chi connectivity index (χ4v) is 5.55. The van der Waals surface area contributed by atoms with E-state index in [0.717, 1.165) is 12.8 Å². The average Bonchev–Trinajstić information content (AvgIpc) is 3.47. The molecule has 1 atom stereocenters. The molecule has 1 saturated heterocycles. The van der Waals surface area contributed by atoms with Crippen molar-refractivity contribution in [2.24, 2.45) is 0 Å². The topological polar surface area (TPSA) is 52.7 Å². The van der Waals surface area contributed by atoms with Crippen LogP contribution in [0, 0.1) is 0 Å². The van der Waals surface area contributed by atoms with Gasteiger partial charge in [-0.15, -0.1) is 0 Å². The monoisotopic (exact) mass is 405 g/mol. The van der Waals surface area contributed by atoms with Gasteiger partial charge in [-0.1, -0.05) is 84.0 Å². The Morgan fingerprint density at radius 3 is 1.90 bits per heavy atom. The van der Waals surface area contributed by atoms with Crippen LogP contribution in [0.4, 0.5) is 4.79 Å². The van der Waals surface area contributed by atoms with Gasteiger partial charge in [0.15, 0.2) is 0 Å². The van der Waals surface area contributed by atoms with E-state index in [-0.39, 0.29) is 18.0 Å². The van der Waals surface area contributed by atoms with Gasteiger partial charge in [-0.25, -0.2) is 9.69 Å². The number of urea groups is 1. The first-order chi connectivity index (χ1) is 14.2. The minimum atomic E-state index is -0.295. The second-order valence-electron chi connectivity index (χ2n) is 9.56. The molecule has 0 spiro atoms. The Labute approximate surface area is 178 Å². The molecule has 0 aromatic rings. The number of imide groups is 1. The molecule has 2 aliphatic carbocycles. The van der Waals surface area contributed by atoms with Gasteiger partial charge >= 0.3 is 6.03 Å². The van der Waals surface area contributed by atoms with Crippen LogP contribution in [-0.2, 0) is 4.79 Å². The standard InChI is InChI=1S/C24H43N3O2/c1-2-3-4-5-6-7-8-9-18-22-23(28)27(24(29)25-22)19-26(20-14-10-11-15-20)21-16-12-13-17-21/h20-22H,2-19H2,1H3,(H,25,29). The SMILES string of the molecule is CCCCCCCCCCC1NC(=O)N(CN(C2CCCC2)C2CCCC2)C1=O. The highest BCUT2D eigenvalue weighted by atomic mass is 16.2. The fourth-order valence-electron chi connectivity index (χ4n) is 5.55. The van der Waals surface area contributed by atoms with Crippen LogP contribution in [0.15, 0.2) is 0 Å². The molecule has 5 heteroatoms. The summed E-state index contributed by atoms with van der Waals surface area (Å²) in [6.45, 7) is 2.75. The van der Waals surface area contributed by atoms with Crippen LogP contribution < -0.4 is 5.32 Å². The Balaban J connectivity index is 1.42. The zero-order chi connectivity index (χ0) is 20.5. The number of hydrogen-bond donors (Lipinski definition) is 1. The summed E-state index contributed by atoms with van der Waals surface area (Å²) in [5.41, 5.74) is 0. The first-order valence-corrected chi connectivity index (χ1v) is 12.6. The summed E-state index contributed by atoms with van der Waals surface area (Å²) in [7, 11) is 0. The van der Waals surface area contributed by atoms with Crippen molar-refractivity contribution in [3.05, 3.63) is 0 Å². The van der Waals surface area contributed by atoms with Crippen LogP contribution in [0.3, 0.4) is 0 Å². The van der Waals surface area contributed by atoms with Gasteiger partial charge in [0.1, 0.15) is 6.04 Å². The number of carbonyl (C=O) groups excluding carboxylic acids is 2. The Morgan fingerprint density at radius 2 is 1.34 bits per heavy atom. The molecular formula is C24H43N3O2. The molecule has 1 aliphatic heterocycles. The molecule has 3 rings (SSSR count). The van der Waals surface area contributed by atoms with Crippen LogP contribution in [0.5, 0.6) is 0 Å². The van der Waals surface area contributed by atoms with Crippen molar-refractivity contribution in [2.75, 3.05) is 6.67 Å². The van der Waals surface area contributed by atoms with Gasteiger partial charge < -0.3 is 5.32 Å². The first-order valence-electron chi connectivity index (χ1n) is 12.6. The number of carbonyl (C=O) groups is 2. The second kappa shape index (κ2) is 11.9. The maximum absolute atomic E-state index is 12.9. The van der Waals surface area contributed by atoms with Gasteiger partial charge in [-0.05, 0) is 32.1 Å². The predicted molar refractivity (Wildman–Crippen MR) is 118 cm³/mol. The van der Waals surface area contributed by atoms with Gasteiger partial charge in [0.2, 0.25) is 0 Å². The zero-order valence-electron chi connectivity index (χ0n) is 18.7. The average molecular weight is 406 g/mol. The molecular weight excluding hydrogens is 362 g/mol. The van der Waals surface area contributed by atoms with Crippen LogP contribution in [0.2, 0.25) is 0 Å². The molecule has 3 fully saturated rings. The number of nitrogens with zero attached hydrogens (tertiary/aromatic N) is 2. The van der Waals surface area contributed by atoms with Crippen molar-refractivity contribution < 1.29 is 9.59 Å². The molecule has 0 aromatic heterocycles. The molecule has 1 N–H and O–H groups in total. The zero-order valence-corrected chi connectivity index (χ0v) is 18.7. The highest BCUT2D eigenvalue weighted by molar-refractivity contribution is 6.04. The van der Waals surface area contributed by atoms with Crippen molar-refractivity contribution in [3.8, 4) is 0 Å². The van der Waals surface area contributed by atoms with E-state index < -0.39 is 0 Å². The second-order valence-corrected chi connectivity index (χ2v) is 9.56. The minimum absolute atomic E-state index is 0.0129. The van der Waals surface area contributed by atoms with E-state index >= 15 is 0 Å². The normalized spacial score (nSPS) is 23.7. The van der Waals surface area contributed by atoms with Crippen LogP contribution in [0.1, 0.15) is 116 Å². The molecule has 5 nitrogen and oxygen atoms in total. The van der Waals surface area contributed by atoms with E-state index in [4.69, 9.17) is 0 Å². The van der Waals surface area contributed by atoms with E-state index in [2.05, 4.69) is 17.1 Å². The summed E-state index contributed by atoms with van der Waals surface area (Å²) in [5, 5.41) is 2.97. The van der Waals surface area contributed by atoms with Crippen molar-refractivity contribution in [1.82, 2.24) is 15.1 Å². The summed E-state index contributed by atoms with van der Waals surface area (Å²) in [6, 6.07) is 0.660. The van der Waals surface area contributed by atoms with Crippen LogP contribution in [0.25, 0.3) is 0 Å². The lowest BCUT2D eigenvalue weighted by Gasteiger charge is -2.36. The number of unbranched alkanes of at least 4 members (excludes halogenated alkanes) is 7.